The number of rotatable bonds is 4. The minimum Gasteiger partial charge on any atom is -0.341 e. The summed E-state index contributed by atoms with van der Waals surface area (Å²) >= 11 is 0. The molecule has 2 aliphatic rings. The fraction of sp³-hybridized carbons (Fsp3) is 0.812. The Morgan fingerprint density at radius 1 is 0.958 bits per heavy atom. The summed E-state index contributed by atoms with van der Waals surface area (Å²) < 4.78 is 0. The first-order valence-electron chi connectivity index (χ1n) is 8.75. The van der Waals surface area contributed by atoms with Gasteiger partial charge in [0.1, 0.15) is 0 Å². The summed E-state index contributed by atoms with van der Waals surface area (Å²) in [4.78, 5) is 41.4. The number of carbonyl (C=O) groups is 3. The Hall–Kier alpha value is -1.67. The van der Waals surface area contributed by atoms with E-state index < -0.39 is 6.03 Å². The summed E-state index contributed by atoms with van der Waals surface area (Å²) in [5.41, 5.74) is 0. The molecule has 2 heterocycles. The van der Waals surface area contributed by atoms with Crippen molar-refractivity contribution in [2.45, 2.75) is 32.2 Å². The maximum atomic E-state index is 12.5. The van der Waals surface area contributed by atoms with Crippen molar-refractivity contribution in [2.24, 2.45) is 0 Å². The monoisotopic (exact) mass is 339 g/mol. The van der Waals surface area contributed by atoms with Crippen LogP contribution in [0.2, 0.25) is 0 Å². The number of piperazine rings is 1. The van der Waals surface area contributed by atoms with Gasteiger partial charge in [0, 0.05) is 45.8 Å². The Morgan fingerprint density at radius 3 is 2.17 bits per heavy atom. The summed E-state index contributed by atoms with van der Waals surface area (Å²) in [6, 6.07) is -0.138. The van der Waals surface area contributed by atoms with E-state index in [2.05, 4.69) is 22.5 Å². The van der Waals surface area contributed by atoms with Crippen LogP contribution in [-0.4, -0.2) is 91.4 Å². The summed E-state index contributed by atoms with van der Waals surface area (Å²) in [6.45, 7) is 6.65. The van der Waals surface area contributed by atoms with Crippen molar-refractivity contribution < 1.29 is 14.4 Å². The largest absolute Gasteiger partial charge is 0.341 e. The number of nitrogens with zero attached hydrogens (tertiary/aromatic N) is 3. The third-order valence-corrected chi connectivity index (χ3v) is 4.79. The lowest BCUT2D eigenvalue weighted by atomic mass is 10.0. The van der Waals surface area contributed by atoms with Crippen LogP contribution < -0.4 is 10.6 Å². The molecule has 2 fully saturated rings. The lowest BCUT2D eigenvalue weighted by Gasteiger charge is -2.37. The maximum absolute atomic E-state index is 12.5. The summed E-state index contributed by atoms with van der Waals surface area (Å²) in [5.74, 6) is -0.0889. The molecule has 2 saturated heterocycles. The Kier molecular flexibility index (Phi) is 6.99. The van der Waals surface area contributed by atoms with E-state index in [4.69, 9.17) is 0 Å². The molecule has 2 aliphatic heterocycles. The zero-order valence-corrected chi connectivity index (χ0v) is 14.7. The van der Waals surface area contributed by atoms with Crippen LogP contribution in [0.1, 0.15) is 26.2 Å². The number of carbonyl (C=O) groups excluding carboxylic acids is 3. The van der Waals surface area contributed by atoms with E-state index in [0.717, 1.165) is 45.6 Å². The van der Waals surface area contributed by atoms with Crippen LogP contribution in [0.5, 0.6) is 0 Å². The van der Waals surface area contributed by atoms with Gasteiger partial charge in [0.05, 0.1) is 13.1 Å². The number of hydrogen-bond acceptors (Lipinski definition) is 5. The van der Waals surface area contributed by atoms with Crippen LogP contribution >= 0.6 is 0 Å². The number of imide groups is 1. The van der Waals surface area contributed by atoms with Crippen LogP contribution in [0.3, 0.4) is 0 Å². The van der Waals surface area contributed by atoms with Gasteiger partial charge in [0.15, 0.2) is 0 Å². The molecule has 2 rings (SSSR count). The Morgan fingerprint density at radius 2 is 1.58 bits per heavy atom. The van der Waals surface area contributed by atoms with Gasteiger partial charge in [-0.3, -0.25) is 24.7 Å². The number of hydrogen-bond donors (Lipinski definition) is 2. The van der Waals surface area contributed by atoms with Gasteiger partial charge < -0.3 is 10.2 Å². The third kappa shape index (κ3) is 5.45. The van der Waals surface area contributed by atoms with Gasteiger partial charge in [-0.25, -0.2) is 4.79 Å². The minimum absolute atomic E-state index is 0.207. The van der Waals surface area contributed by atoms with E-state index in [1.54, 1.807) is 0 Å². The van der Waals surface area contributed by atoms with Crippen molar-refractivity contribution in [2.75, 3.05) is 52.9 Å². The third-order valence-electron chi connectivity index (χ3n) is 4.79. The summed E-state index contributed by atoms with van der Waals surface area (Å²) in [5, 5.41) is 4.62. The molecule has 0 spiro atoms. The van der Waals surface area contributed by atoms with Crippen molar-refractivity contribution in [3.63, 3.8) is 0 Å². The van der Waals surface area contributed by atoms with E-state index in [1.807, 2.05) is 9.80 Å². The highest BCUT2D eigenvalue weighted by atomic mass is 16.2. The van der Waals surface area contributed by atoms with Crippen molar-refractivity contribution in [3.8, 4) is 0 Å². The van der Waals surface area contributed by atoms with Gasteiger partial charge >= 0.3 is 6.03 Å². The molecule has 136 valence electrons. The summed E-state index contributed by atoms with van der Waals surface area (Å²) in [6.07, 6.45) is 3.41. The predicted octanol–water partition coefficient (Wildman–Crippen LogP) is -0.539. The van der Waals surface area contributed by atoms with Crippen molar-refractivity contribution >= 4 is 17.8 Å². The first-order valence-corrected chi connectivity index (χ1v) is 8.75. The molecule has 24 heavy (non-hydrogen) atoms. The predicted molar refractivity (Wildman–Crippen MR) is 90.5 cm³/mol. The topological polar surface area (TPSA) is 85.0 Å². The van der Waals surface area contributed by atoms with Gasteiger partial charge in [-0.2, -0.15) is 0 Å². The summed E-state index contributed by atoms with van der Waals surface area (Å²) in [7, 11) is 1.47. The van der Waals surface area contributed by atoms with Crippen LogP contribution in [0.4, 0.5) is 4.79 Å². The molecule has 8 nitrogen and oxygen atoms in total. The van der Waals surface area contributed by atoms with Gasteiger partial charge in [-0.05, 0) is 26.2 Å². The zero-order chi connectivity index (χ0) is 17.5. The highest BCUT2D eigenvalue weighted by molar-refractivity contribution is 5.95. The number of nitrogens with one attached hydrogen (secondary N) is 2. The van der Waals surface area contributed by atoms with E-state index in [9.17, 15) is 14.4 Å². The fourth-order valence-corrected chi connectivity index (χ4v) is 3.29. The molecule has 0 aromatic rings. The minimum atomic E-state index is -0.486. The molecule has 0 aliphatic carbocycles. The average molecular weight is 339 g/mol. The average Bonchev–Trinajstić information content (AvgIpc) is 2.56. The number of urea groups is 1. The molecular formula is C16H29N5O3. The fourth-order valence-electron chi connectivity index (χ4n) is 3.29. The quantitative estimate of drug-likeness (QED) is 0.719. The molecule has 1 unspecified atom stereocenters. The smallest absolute Gasteiger partial charge is 0.321 e. The molecule has 8 heteroatoms. The lowest BCUT2D eigenvalue weighted by Crippen LogP contribution is -2.53. The van der Waals surface area contributed by atoms with Crippen LogP contribution in [-0.2, 0) is 9.59 Å². The molecule has 0 aromatic carbocycles. The Labute approximate surface area is 143 Å². The van der Waals surface area contributed by atoms with Gasteiger partial charge in [-0.1, -0.05) is 0 Å². The molecule has 0 bridgehead atoms. The maximum Gasteiger partial charge on any atom is 0.321 e. The molecule has 4 amide bonds. The van der Waals surface area contributed by atoms with E-state index >= 15 is 0 Å². The van der Waals surface area contributed by atoms with E-state index in [1.165, 1.54) is 13.5 Å². The molecule has 1 atom stereocenters. The van der Waals surface area contributed by atoms with Crippen molar-refractivity contribution in [3.05, 3.63) is 0 Å². The molecular weight excluding hydrogens is 310 g/mol. The normalized spacial score (nSPS) is 22.9. The Bertz CT molecular complexity index is 463. The lowest BCUT2D eigenvalue weighted by molar-refractivity contribution is -0.136. The SMILES string of the molecule is CNC(=O)NC(=O)CN1CCN(CC(=O)N2CCCCC2C)CC1. The van der Waals surface area contributed by atoms with E-state index in [0.29, 0.717) is 12.6 Å². The highest BCUT2D eigenvalue weighted by Gasteiger charge is 2.26. The van der Waals surface area contributed by atoms with E-state index in [-0.39, 0.29) is 18.4 Å². The van der Waals surface area contributed by atoms with Gasteiger partial charge in [0.25, 0.3) is 0 Å². The second-order valence-corrected chi connectivity index (χ2v) is 6.61. The van der Waals surface area contributed by atoms with Gasteiger partial charge in [0.2, 0.25) is 11.8 Å². The number of piperidine rings is 1. The first kappa shape index (κ1) is 18.7. The number of amides is 4. The molecule has 2 N–H and O–H groups in total. The molecule has 0 radical (unpaired) electrons. The number of likely N-dealkylation sites (tertiary alicyclic amines) is 1. The second-order valence-electron chi connectivity index (χ2n) is 6.61. The Balaban J connectivity index is 1.69. The second kappa shape index (κ2) is 8.98. The van der Waals surface area contributed by atoms with Crippen molar-refractivity contribution in [1.82, 2.24) is 25.3 Å². The van der Waals surface area contributed by atoms with Crippen molar-refractivity contribution in [1.29, 1.82) is 0 Å². The molecule has 0 aromatic heterocycles. The van der Waals surface area contributed by atoms with Crippen LogP contribution in [0.15, 0.2) is 0 Å². The standard InChI is InChI=1S/C16H29N5O3/c1-13-5-3-4-6-21(13)15(23)12-20-9-7-19(8-10-20)11-14(22)18-16(24)17-2/h13H,3-12H2,1-2H3,(H2,17,18,22,24). The molecule has 0 saturated carbocycles. The van der Waals surface area contributed by atoms with Crippen LogP contribution in [0.25, 0.3) is 0 Å². The highest BCUT2D eigenvalue weighted by Crippen LogP contribution is 2.16. The van der Waals surface area contributed by atoms with Gasteiger partial charge in [-0.15, -0.1) is 0 Å². The van der Waals surface area contributed by atoms with Crippen LogP contribution in [0, 0.1) is 0 Å². The zero-order valence-electron chi connectivity index (χ0n) is 14.7. The first-order chi connectivity index (χ1) is 11.5.